The average Bonchev–Trinajstić information content (AvgIpc) is 3.34. The molecule has 7 nitrogen and oxygen atoms in total. The first kappa shape index (κ1) is 22.0. The Morgan fingerprint density at radius 1 is 1.06 bits per heavy atom. The molecule has 2 heterocycles. The number of carbonyl (C=O) groups is 2. The zero-order chi connectivity index (χ0) is 22.2. The van der Waals surface area contributed by atoms with Gasteiger partial charge in [0.25, 0.3) is 5.91 Å². The highest BCUT2D eigenvalue weighted by atomic mass is 32.1. The summed E-state index contributed by atoms with van der Waals surface area (Å²) in [6.07, 6.45) is 1.64. The third-order valence-electron chi connectivity index (χ3n) is 5.33. The topological polar surface area (TPSA) is 83.6 Å². The molecule has 2 amide bonds. The van der Waals surface area contributed by atoms with Crippen molar-refractivity contribution in [2.75, 3.05) is 25.0 Å². The maximum absolute atomic E-state index is 12.6. The van der Waals surface area contributed by atoms with E-state index in [1.54, 1.807) is 29.8 Å². The minimum atomic E-state index is -0.0867. The van der Waals surface area contributed by atoms with Gasteiger partial charge in [-0.25, -0.2) is 4.98 Å². The van der Waals surface area contributed by atoms with Crippen molar-refractivity contribution in [1.29, 1.82) is 0 Å². The number of piperidine rings is 1. The lowest BCUT2D eigenvalue weighted by Gasteiger charge is -2.31. The molecular weight excluding hydrogens is 424 g/mol. The van der Waals surface area contributed by atoms with Gasteiger partial charge in [0.1, 0.15) is 12.4 Å². The zero-order valence-electron chi connectivity index (χ0n) is 17.7. The Bertz CT molecular complexity index is 1000. The van der Waals surface area contributed by atoms with Crippen LogP contribution in [0.2, 0.25) is 0 Å². The summed E-state index contributed by atoms with van der Waals surface area (Å²) in [7, 11) is 0. The average molecular weight is 451 g/mol. The lowest BCUT2D eigenvalue weighted by molar-refractivity contribution is -0.117. The normalized spacial score (nSPS) is 14.6. The van der Waals surface area contributed by atoms with Gasteiger partial charge < -0.3 is 15.4 Å². The highest BCUT2D eigenvalue weighted by molar-refractivity contribution is 7.07. The van der Waals surface area contributed by atoms with Crippen LogP contribution in [0.25, 0.3) is 0 Å². The van der Waals surface area contributed by atoms with Crippen LogP contribution in [0.15, 0.2) is 65.5 Å². The fourth-order valence-electron chi connectivity index (χ4n) is 3.60. The predicted octanol–water partition coefficient (Wildman–Crippen LogP) is 3.56. The summed E-state index contributed by atoms with van der Waals surface area (Å²) in [6, 6.07) is 16.7. The fourth-order valence-corrected chi connectivity index (χ4v) is 4.14. The van der Waals surface area contributed by atoms with Gasteiger partial charge in [-0.05, 0) is 49.2 Å². The van der Waals surface area contributed by atoms with E-state index < -0.39 is 0 Å². The van der Waals surface area contributed by atoms with Crippen LogP contribution in [0.5, 0.6) is 5.75 Å². The summed E-state index contributed by atoms with van der Waals surface area (Å²) >= 11 is 1.53. The Morgan fingerprint density at radius 2 is 1.81 bits per heavy atom. The Balaban J connectivity index is 1.18. The Morgan fingerprint density at radius 3 is 2.50 bits per heavy atom. The number of anilines is 1. The first-order valence-corrected chi connectivity index (χ1v) is 11.6. The molecule has 0 saturated carbocycles. The fraction of sp³-hybridized carbons (Fsp3) is 0.292. The minimum absolute atomic E-state index is 0.0178. The van der Waals surface area contributed by atoms with E-state index in [0.717, 1.165) is 37.3 Å². The number of para-hydroxylation sites is 1. The molecule has 1 saturated heterocycles. The summed E-state index contributed by atoms with van der Waals surface area (Å²) < 4.78 is 5.69. The van der Waals surface area contributed by atoms with Crippen LogP contribution in [-0.4, -0.2) is 47.4 Å². The number of nitrogens with one attached hydrogen (secondary N) is 2. The number of ether oxygens (including phenoxy) is 1. The quantitative estimate of drug-likeness (QED) is 0.548. The monoisotopic (exact) mass is 450 g/mol. The van der Waals surface area contributed by atoms with Gasteiger partial charge in [-0.15, -0.1) is 11.3 Å². The molecule has 2 aromatic carbocycles. The number of carbonyl (C=O) groups excluding carboxylic acids is 2. The summed E-state index contributed by atoms with van der Waals surface area (Å²) in [5.74, 6) is 0.601. The molecule has 0 bridgehead atoms. The van der Waals surface area contributed by atoms with Crippen molar-refractivity contribution in [1.82, 2.24) is 15.2 Å². The Labute approximate surface area is 191 Å². The molecule has 1 aromatic heterocycles. The third kappa shape index (κ3) is 6.38. The predicted molar refractivity (Wildman–Crippen MR) is 125 cm³/mol. The van der Waals surface area contributed by atoms with Crippen molar-refractivity contribution in [2.45, 2.75) is 25.5 Å². The second-order valence-electron chi connectivity index (χ2n) is 7.73. The number of thiazole rings is 1. The second kappa shape index (κ2) is 10.9. The molecular formula is C24H26N4O3S. The molecule has 0 atom stereocenters. The molecule has 3 aromatic rings. The molecule has 0 aliphatic carbocycles. The van der Waals surface area contributed by atoms with Gasteiger partial charge in [-0.1, -0.05) is 18.2 Å². The SMILES string of the molecule is O=C(CN1CCC(NC(=O)c2ccc(OCc3cscn3)cc2)CC1)Nc1ccccc1. The molecule has 0 radical (unpaired) electrons. The summed E-state index contributed by atoms with van der Waals surface area (Å²) in [5.41, 5.74) is 4.08. The summed E-state index contributed by atoms with van der Waals surface area (Å²) in [4.78, 5) is 31.1. The molecule has 4 rings (SSSR count). The maximum Gasteiger partial charge on any atom is 0.251 e. The van der Waals surface area contributed by atoms with Crippen LogP contribution in [-0.2, 0) is 11.4 Å². The van der Waals surface area contributed by atoms with Crippen molar-refractivity contribution >= 4 is 28.8 Å². The molecule has 32 heavy (non-hydrogen) atoms. The lowest BCUT2D eigenvalue weighted by Crippen LogP contribution is -2.46. The van der Waals surface area contributed by atoms with Crippen molar-refractivity contribution in [2.24, 2.45) is 0 Å². The van der Waals surface area contributed by atoms with Gasteiger partial charge in [0.2, 0.25) is 5.91 Å². The number of likely N-dealkylation sites (tertiary alicyclic amines) is 1. The smallest absolute Gasteiger partial charge is 0.251 e. The van der Waals surface area contributed by atoms with Gasteiger partial charge >= 0.3 is 0 Å². The van der Waals surface area contributed by atoms with E-state index in [9.17, 15) is 9.59 Å². The zero-order valence-corrected chi connectivity index (χ0v) is 18.5. The summed E-state index contributed by atoms with van der Waals surface area (Å²) in [5, 5.41) is 7.97. The van der Waals surface area contributed by atoms with Crippen LogP contribution in [0.4, 0.5) is 5.69 Å². The van der Waals surface area contributed by atoms with Crippen LogP contribution < -0.4 is 15.4 Å². The van der Waals surface area contributed by atoms with E-state index in [1.807, 2.05) is 35.7 Å². The standard InChI is InChI=1S/C24H26N4O3S/c29-23(26-19-4-2-1-3-5-19)14-28-12-10-20(11-13-28)27-24(30)18-6-8-22(9-7-18)31-15-21-16-32-17-25-21/h1-9,16-17,20H,10-15H2,(H,26,29)(H,27,30). The lowest BCUT2D eigenvalue weighted by atomic mass is 10.0. The number of hydrogen-bond acceptors (Lipinski definition) is 6. The van der Waals surface area contributed by atoms with E-state index >= 15 is 0 Å². The van der Waals surface area contributed by atoms with E-state index in [2.05, 4.69) is 20.5 Å². The maximum atomic E-state index is 12.6. The largest absolute Gasteiger partial charge is 0.487 e. The molecule has 0 unspecified atom stereocenters. The van der Waals surface area contributed by atoms with E-state index in [0.29, 0.717) is 24.5 Å². The number of rotatable bonds is 8. The number of benzene rings is 2. The van der Waals surface area contributed by atoms with Gasteiger partial charge in [-0.3, -0.25) is 14.5 Å². The van der Waals surface area contributed by atoms with Gasteiger partial charge in [0.05, 0.1) is 17.7 Å². The van der Waals surface area contributed by atoms with E-state index in [4.69, 9.17) is 4.74 Å². The highest BCUT2D eigenvalue weighted by Gasteiger charge is 2.22. The van der Waals surface area contributed by atoms with Crippen molar-refractivity contribution < 1.29 is 14.3 Å². The van der Waals surface area contributed by atoms with E-state index in [-0.39, 0.29) is 17.9 Å². The Hall–Kier alpha value is -3.23. The summed E-state index contributed by atoms with van der Waals surface area (Å²) in [6.45, 7) is 2.32. The number of hydrogen-bond donors (Lipinski definition) is 2. The van der Waals surface area contributed by atoms with Crippen molar-refractivity contribution in [3.8, 4) is 5.75 Å². The second-order valence-corrected chi connectivity index (χ2v) is 8.45. The molecule has 8 heteroatoms. The number of nitrogens with zero attached hydrogens (tertiary/aromatic N) is 2. The highest BCUT2D eigenvalue weighted by Crippen LogP contribution is 2.16. The van der Waals surface area contributed by atoms with Crippen molar-refractivity contribution in [3.05, 3.63) is 76.7 Å². The molecule has 0 spiro atoms. The molecule has 166 valence electrons. The van der Waals surface area contributed by atoms with Crippen LogP contribution in [0.3, 0.4) is 0 Å². The Kier molecular flexibility index (Phi) is 7.47. The van der Waals surface area contributed by atoms with Gasteiger partial charge in [-0.2, -0.15) is 0 Å². The minimum Gasteiger partial charge on any atom is -0.487 e. The first-order chi connectivity index (χ1) is 15.7. The van der Waals surface area contributed by atoms with Crippen molar-refractivity contribution in [3.63, 3.8) is 0 Å². The van der Waals surface area contributed by atoms with Gasteiger partial charge in [0.15, 0.2) is 0 Å². The number of aromatic nitrogens is 1. The molecule has 2 N–H and O–H groups in total. The first-order valence-electron chi connectivity index (χ1n) is 10.6. The molecule has 1 fully saturated rings. The molecule has 1 aliphatic rings. The third-order valence-corrected chi connectivity index (χ3v) is 5.97. The van der Waals surface area contributed by atoms with Crippen LogP contribution in [0.1, 0.15) is 28.9 Å². The van der Waals surface area contributed by atoms with Crippen LogP contribution >= 0.6 is 11.3 Å². The van der Waals surface area contributed by atoms with E-state index in [1.165, 1.54) is 11.3 Å². The molecule has 1 aliphatic heterocycles. The number of amides is 2. The van der Waals surface area contributed by atoms with Gasteiger partial charge in [0, 0.05) is 35.8 Å². The van der Waals surface area contributed by atoms with Crippen LogP contribution in [0, 0.1) is 0 Å².